The van der Waals surface area contributed by atoms with Crippen LogP contribution in [0, 0.1) is 5.92 Å². The number of rotatable bonds is 5. The molecule has 15 heavy (non-hydrogen) atoms. The maximum atomic E-state index is 11.5. The average molecular weight is 211 g/mol. The van der Waals surface area contributed by atoms with Crippen molar-refractivity contribution >= 4 is 5.97 Å². The largest absolute Gasteiger partial charge is 0.468 e. The summed E-state index contributed by atoms with van der Waals surface area (Å²) < 4.78 is 4.82. The second kappa shape index (κ2) is 4.52. The number of likely N-dealkylation sites (tertiary alicyclic amines) is 1. The Kier molecular flexibility index (Phi) is 3.29. The molecule has 0 radical (unpaired) electrons. The summed E-state index contributed by atoms with van der Waals surface area (Å²) in [6.45, 7) is 3.30. The van der Waals surface area contributed by atoms with E-state index >= 15 is 0 Å². The van der Waals surface area contributed by atoms with Gasteiger partial charge in [-0.3, -0.25) is 9.69 Å². The quantitative estimate of drug-likeness (QED) is 0.650. The smallest absolute Gasteiger partial charge is 0.323 e. The summed E-state index contributed by atoms with van der Waals surface area (Å²) in [5.41, 5.74) is 0. The van der Waals surface area contributed by atoms with Crippen molar-refractivity contribution in [3.05, 3.63) is 0 Å². The van der Waals surface area contributed by atoms with Crippen molar-refractivity contribution in [3.8, 4) is 0 Å². The molecule has 0 aromatic rings. The number of hydrogen-bond donors (Lipinski definition) is 0. The lowest BCUT2D eigenvalue weighted by atomic mass is 9.95. The Bertz CT molecular complexity index is 238. The first-order valence-corrected chi connectivity index (χ1v) is 6.09. The number of ether oxygens (including phenoxy) is 1. The normalized spacial score (nSPS) is 28.3. The number of methoxy groups -OCH3 is 1. The van der Waals surface area contributed by atoms with Gasteiger partial charge in [-0.2, -0.15) is 0 Å². The highest BCUT2D eigenvalue weighted by Gasteiger charge is 2.40. The maximum absolute atomic E-state index is 11.5. The molecule has 0 N–H and O–H groups in total. The van der Waals surface area contributed by atoms with E-state index in [1.165, 1.54) is 26.4 Å². The lowest BCUT2D eigenvalue weighted by Crippen LogP contribution is -2.57. The average Bonchev–Trinajstić information content (AvgIpc) is 2.98. The topological polar surface area (TPSA) is 29.5 Å². The van der Waals surface area contributed by atoms with Crippen molar-refractivity contribution in [3.63, 3.8) is 0 Å². The molecule has 0 aromatic heterocycles. The van der Waals surface area contributed by atoms with Gasteiger partial charge in [-0.1, -0.05) is 19.8 Å². The fourth-order valence-corrected chi connectivity index (χ4v) is 2.51. The van der Waals surface area contributed by atoms with Crippen LogP contribution in [-0.4, -0.2) is 36.6 Å². The molecule has 1 aliphatic heterocycles. The van der Waals surface area contributed by atoms with E-state index in [0.717, 1.165) is 25.3 Å². The van der Waals surface area contributed by atoms with Gasteiger partial charge in [0.1, 0.15) is 6.04 Å². The molecular weight excluding hydrogens is 190 g/mol. The second-order valence-corrected chi connectivity index (χ2v) is 4.81. The highest BCUT2D eigenvalue weighted by molar-refractivity contribution is 5.76. The Labute approximate surface area is 91.8 Å². The lowest BCUT2D eigenvalue weighted by Gasteiger charge is -2.44. The molecule has 2 atom stereocenters. The molecule has 3 heteroatoms. The highest BCUT2D eigenvalue weighted by atomic mass is 16.5. The Morgan fingerprint density at radius 1 is 1.47 bits per heavy atom. The summed E-state index contributed by atoms with van der Waals surface area (Å²) in [5, 5.41) is 0. The van der Waals surface area contributed by atoms with Crippen LogP contribution >= 0.6 is 0 Å². The van der Waals surface area contributed by atoms with Gasteiger partial charge in [-0.25, -0.2) is 0 Å². The first-order chi connectivity index (χ1) is 7.26. The molecule has 0 bridgehead atoms. The van der Waals surface area contributed by atoms with Gasteiger partial charge in [0.25, 0.3) is 0 Å². The summed E-state index contributed by atoms with van der Waals surface area (Å²) in [6.07, 6.45) is 6.21. The molecular formula is C12H21NO2. The lowest BCUT2D eigenvalue weighted by molar-refractivity contribution is -0.154. The standard InChI is InChI=1S/C12H21NO2/c1-3-10(8-9-4-5-9)13-7-6-11(13)12(14)15-2/h9-11H,3-8H2,1-2H3. The minimum atomic E-state index is -0.0458. The summed E-state index contributed by atoms with van der Waals surface area (Å²) >= 11 is 0. The van der Waals surface area contributed by atoms with E-state index in [1.54, 1.807) is 0 Å². The molecule has 2 unspecified atom stereocenters. The van der Waals surface area contributed by atoms with Crippen molar-refractivity contribution in [2.24, 2.45) is 5.92 Å². The van der Waals surface area contributed by atoms with Gasteiger partial charge in [0.15, 0.2) is 0 Å². The molecule has 1 heterocycles. The highest BCUT2D eigenvalue weighted by Crippen LogP contribution is 2.37. The van der Waals surface area contributed by atoms with Crippen LogP contribution < -0.4 is 0 Å². The summed E-state index contributed by atoms with van der Waals surface area (Å²) in [4.78, 5) is 13.8. The number of hydrogen-bond acceptors (Lipinski definition) is 3. The van der Waals surface area contributed by atoms with Crippen LogP contribution in [0.3, 0.4) is 0 Å². The van der Waals surface area contributed by atoms with E-state index in [4.69, 9.17) is 4.74 Å². The number of nitrogens with zero attached hydrogens (tertiary/aromatic N) is 1. The minimum absolute atomic E-state index is 0.0458. The number of carbonyl (C=O) groups is 1. The third-order valence-corrected chi connectivity index (χ3v) is 3.78. The molecule has 86 valence electrons. The van der Waals surface area contributed by atoms with Gasteiger partial charge in [0.05, 0.1) is 7.11 Å². The van der Waals surface area contributed by atoms with Crippen LogP contribution in [0.1, 0.15) is 39.0 Å². The van der Waals surface area contributed by atoms with Gasteiger partial charge in [0.2, 0.25) is 0 Å². The molecule has 0 amide bonds. The van der Waals surface area contributed by atoms with Crippen molar-refractivity contribution in [2.75, 3.05) is 13.7 Å². The van der Waals surface area contributed by atoms with E-state index in [1.807, 2.05) is 0 Å². The van der Waals surface area contributed by atoms with Crippen LogP contribution in [0.4, 0.5) is 0 Å². The number of esters is 1. The van der Waals surface area contributed by atoms with Crippen molar-refractivity contribution < 1.29 is 9.53 Å². The molecule has 1 aliphatic carbocycles. The third kappa shape index (κ3) is 2.33. The predicted octanol–water partition coefficient (Wildman–Crippen LogP) is 1.81. The summed E-state index contributed by atoms with van der Waals surface area (Å²) in [6, 6.07) is 0.661. The van der Waals surface area contributed by atoms with E-state index in [-0.39, 0.29) is 12.0 Å². The van der Waals surface area contributed by atoms with E-state index in [2.05, 4.69) is 11.8 Å². The Balaban J connectivity index is 1.86. The molecule has 0 spiro atoms. The molecule has 2 aliphatic rings. The van der Waals surface area contributed by atoms with Crippen LogP contribution in [0.25, 0.3) is 0 Å². The Morgan fingerprint density at radius 2 is 2.20 bits per heavy atom. The fourth-order valence-electron chi connectivity index (χ4n) is 2.51. The zero-order valence-electron chi connectivity index (χ0n) is 9.74. The first kappa shape index (κ1) is 10.9. The minimum Gasteiger partial charge on any atom is -0.468 e. The van der Waals surface area contributed by atoms with Crippen LogP contribution in [0.2, 0.25) is 0 Å². The van der Waals surface area contributed by atoms with Crippen molar-refractivity contribution in [1.82, 2.24) is 4.90 Å². The van der Waals surface area contributed by atoms with Crippen molar-refractivity contribution in [1.29, 1.82) is 0 Å². The zero-order valence-corrected chi connectivity index (χ0v) is 9.74. The summed E-state index contributed by atoms with van der Waals surface area (Å²) in [5.74, 6) is 0.893. The van der Waals surface area contributed by atoms with E-state index in [9.17, 15) is 4.79 Å². The van der Waals surface area contributed by atoms with Crippen LogP contribution in [0.5, 0.6) is 0 Å². The van der Waals surface area contributed by atoms with Gasteiger partial charge in [-0.05, 0) is 25.2 Å². The van der Waals surface area contributed by atoms with Crippen molar-refractivity contribution in [2.45, 2.75) is 51.1 Å². The molecule has 2 rings (SSSR count). The first-order valence-electron chi connectivity index (χ1n) is 6.09. The van der Waals surface area contributed by atoms with Gasteiger partial charge >= 0.3 is 5.97 Å². The van der Waals surface area contributed by atoms with E-state index in [0.29, 0.717) is 6.04 Å². The predicted molar refractivity (Wildman–Crippen MR) is 58.5 cm³/mol. The third-order valence-electron chi connectivity index (χ3n) is 3.78. The fraction of sp³-hybridized carbons (Fsp3) is 0.917. The van der Waals surface area contributed by atoms with Crippen LogP contribution in [0.15, 0.2) is 0 Å². The maximum Gasteiger partial charge on any atom is 0.323 e. The Morgan fingerprint density at radius 3 is 2.60 bits per heavy atom. The van der Waals surface area contributed by atoms with E-state index < -0.39 is 0 Å². The molecule has 3 nitrogen and oxygen atoms in total. The monoisotopic (exact) mass is 211 g/mol. The molecule has 0 aromatic carbocycles. The van der Waals surface area contributed by atoms with Gasteiger partial charge in [0, 0.05) is 12.6 Å². The molecule has 2 fully saturated rings. The summed E-state index contributed by atoms with van der Waals surface area (Å²) in [7, 11) is 1.49. The SMILES string of the molecule is CCC(CC1CC1)N1CCC1C(=O)OC. The second-order valence-electron chi connectivity index (χ2n) is 4.81. The van der Waals surface area contributed by atoms with Crippen LogP contribution in [-0.2, 0) is 9.53 Å². The Hall–Kier alpha value is -0.570. The molecule has 1 saturated heterocycles. The van der Waals surface area contributed by atoms with Gasteiger partial charge < -0.3 is 4.74 Å². The molecule has 1 saturated carbocycles. The zero-order chi connectivity index (χ0) is 10.8. The van der Waals surface area contributed by atoms with Gasteiger partial charge in [-0.15, -0.1) is 0 Å². The number of carbonyl (C=O) groups excluding carboxylic acids is 1.